The van der Waals surface area contributed by atoms with Crippen molar-refractivity contribution in [1.29, 1.82) is 0 Å². The van der Waals surface area contributed by atoms with Crippen LogP contribution in [-0.4, -0.2) is 0 Å². The van der Waals surface area contributed by atoms with Gasteiger partial charge in [-0.2, -0.15) is 0 Å². The first-order valence-corrected chi connectivity index (χ1v) is 8.05. The molecule has 0 saturated heterocycles. The van der Waals surface area contributed by atoms with E-state index in [9.17, 15) is 0 Å². The number of hydrogen-bond acceptors (Lipinski definition) is 1. The topological polar surface area (TPSA) is 0 Å². The van der Waals surface area contributed by atoms with Gasteiger partial charge in [-0.15, -0.1) is 22.9 Å². The molecular weight excluding hydrogens is 316 g/mol. The van der Waals surface area contributed by atoms with E-state index in [1.165, 1.54) is 33.0 Å². The van der Waals surface area contributed by atoms with Crippen LogP contribution in [0.1, 0.15) is 37.6 Å². The molecule has 17 heavy (non-hydrogen) atoms. The lowest BCUT2D eigenvalue weighted by atomic mass is 9.96. The Hall–Kier alpha value is -0.0500. The molecule has 0 aliphatic carbocycles. The van der Waals surface area contributed by atoms with Crippen molar-refractivity contribution < 1.29 is 0 Å². The molecule has 0 saturated carbocycles. The van der Waals surface area contributed by atoms with Crippen molar-refractivity contribution in [2.75, 3.05) is 0 Å². The zero-order valence-electron chi connectivity index (χ0n) is 10.0. The largest absolute Gasteiger partial charge is 0.142 e. The Labute approximate surface area is 120 Å². The van der Waals surface area contributed by atoms with E-state index in [2.05, 4.69) is 53.4 Å². The van der Waals surface area contributed by atoms with Crippen LogP contribution in [0.4, 0.5) is 0 Å². The van der Waals surface area contributed by atoms with Crippen LogP contribution in [0.25, 0.3) is 10.1 Å². The highest BCUT2D eigenvalue weighted by Gasteiger charge is 2.19. The van der Waals surface area contributed by atoms with Gasteiger partial charge in [0.15, 0.2) is 0 Å². The third-order valence-electron chi connectivity index (χ3n) is 3.12. The van der Waals surface area contributed by atoms with E-state index in [0.717, 1.165) is 0 Å². The number of halogens is 2. The van der Waals surface area contributed by atoms with E-state index in [4.69, 9.17) is 11.6 Å². The summed E-state index contributed by atoms with van der Waals surface area (Å²) in [5.41, 5.74) is 1.29. The quantitative estimate of drug-likeness (QED) is 0.570. The molecular formula is C14H16BrClS. The third-order valence-corrected chi connectivity index (χ3v) is 5.76. The molecule has 0 aliphatic heterocycles. The Morgan fingerprint density at radius 1 is 1.41 bits per heavy atom. The first-order chi connectivity index (χ1) is 8.15. The molecule has 1 aromatic carbocycles. The van der Waals surface area contributed by atoms with Gasteiger partial charge in [0.05, 0.1) is 5.38 Å². The molecule has 0 amide bonds. The molecule has 0 nitrogen and oxygen atoms in total. The Bertz CT molecular complexity index is 506. The second kappa shape index (κ2) is 5.73. The summed E-state index contributed by atoms with van der Waals surface area (Å²) < 4.78 is 2.47. The molecule has 0 N–H and O–H groups in total. The lowest BCUT2D eigenvalue weighted by molar-refractivity contribution is 0.510. The van der Waals surface area contributed by atoms with E-state index in [1.54, 1.807) is 11.3 Å². The van der Waals surface area contributed by atoms with Gasteiger partial charge in [-0.1, -0.05) is 32.4 Å². The fourth-order valence-corrected chi connectivity index (χ4v) is 4.20. The van der Waals surface area contributed by atoms with E-state index in [-0.39, 0.29) is 5.38 Å². The number of rotatable bonds is 4. The van der Waals surface area contributed by atoms with Crippen molar-refractivity contribution in [1.82, 2.24) is 0 Å². The average Bonchev–Trinajstić information content (AvgIpc) is 2.73. The van der Waals surface area contributed by atoms with Gasteiger partial charge in [0.2, 0.25) is 0 Å². The van der Waals surface area contributed by atoms with Gasteiger partial charge in [0.25, 0.3) is 0 Å². The Morgan fingerprint density at radius 3 is 2.88 bits per heavy atom. The third kappa shape index (κ3) is 2.69. The predicted octanol–water partition coefficient (Wildman–Crippen LogP) is 6.38. The first kappa shape index (κ1) is 13.4. The van der Waals surface area contributed by atoms with Gasteiger partial charge >= 0.3 is 0 Å². The highest BCUT2D eigenvalue weighted by Crippen LogP contribution is 2.41. The minimum atomic E-state index is 0.123. The molecule has 2 atom stereocenters. The van der Waals surface area contributed by atoms with Crippen molar-refractivity contribution in [2.24, 2.45) is 5.92 Å². The summed E-state index contributed by atoms with van der Waals surface area (Å²) in [5.74, 6) is 0.526. The molecule has 2 rings (SSSR count). The predicted molar refractivity (Wildman–Crippen MR) is 82.2 cm³/mol. The molecule has 2 aromatic rings. The molecule has 0 radical (unpaired) electrons. The summed E-state index contributed by atoms with van der Waals surface area (Å²) in [6, 6.07) is 6.33. The number of thiophene rings is 1. The molecule has 2 unspecified atom stereocenters. The Kier molecular flexibility index (Phi) is 4.51. The summed E-state index contributed by atoms with van der Waals surface area (Å²) in [7, 11) is 0. The van der Waals surface area contributed by atoms with Crippen molar-refractivity contribution in [3.05, 3.63) is 33.6 Å². The highest BCUT2D eigenvalue weighted by molar-refractivity contribution is 9.10. The second-order valence-electron chi connectivity index (χ2n) is 4.48. The highest BCUT2D eigenvalue weighted by atomic mass is 79.9. The number of hydrogen-bond donors (Lipinski definition) is 0. The van der Waals surface area contributed by atoms with Gasteiger partial charge in [-0.3, -0.25) is 0 Å². The van der Waals surface area contributed by atoms with Gasteiger partial charge in [-0.05, 0) is 50.7 Å². The first-order valence-electron chi connectivity index (χ1n) is 5.94. The fraction of sp³-hybridized carbons (Fsp3) is 0.429. The fourth-order valence-electron chi connectivity index (χ4n) is 2.16. The maximum Gasteiger partial charge on any atom is 0.0625 e. The van der Waals surface area contributed by atoms with Gasteiger partial charge in [0.1, 0.15) is 0 Å². The minimum absolute atomic E-state index is 0.123. The van der Waals surface area contributed by atoms with Crippen LogP contribution in [-0.2, 0) is 0 Å². The maximum absolute atomic E-state index is 6.60. The average molecular weight is 332 g/mol. The summed E-state index contributed by atoms with van der Waals surface area (Å²) >= 11 is 12.0. The molecule has 0 aliphatic rings. The molecule has 0 bridgehead atoms. The molecule has 3 heteroatoms. The maximum atomic E-state index is 6.60. The SMILES string of the molecule is CCCC(C)C(Cl)c1csc2c(Br)cccc12. The molecule has 0 spiro atoms. The van der Waals surface area contributed by atoms with E-state index in [0.29, 0.717) is 5.92 Å². The Balaban J connectivity index is 2.39. The van der Waals surface area contributed by atoms with E-state index in [1.807, 2.05) is 0 Å². The zero-order chi connectivity index (χ0) is 12.4. The monoisotopic (exact) mass is 330 g/mol. The zero-order valence-corrected chi connectivity index (χ0v) is 13.2. The van der Waals surface area contributed by atoms with Crippen LogP contribution in [0.2, 0.25) is 0 Å². The smallest absolute Gasteiger partial charge is 0.0625 e. The van der Waals surface area contributed by atoms with Crippen LogP contribution < -0.4 is 0 Å². The molecule has 0 fully saturated rings. The summed E-state index contributed by atoms with van der Waals surface area (Å²) in [6.45, 7) is 4.45. The van der Waals surface area contributed by atoms with Gasteiger partial charge in [0, 0.05) is 9.17 Å². The van der Waals surface area contributed by atoms with Crippen LogP contribution in [0.3, 0.4) is 0 Å². The van der Waals surface area contributed by atoms with Crippen molar-refractivity contribution in [2.45, 2.75) is 32.1 Å². The van der Waals surface area contributed by atoms with Crippen molar-refractivity contribution >= 4 is 49.0 Å². The number of benzene rings is 1. The lowest BCUT2D eigenvalue weighted by Crippen LogP contribution is -2.02. The normalized spacial score (nSPS) is 15.1. The summed E-state index contributed by atoms with van der Waals surface area (Å²) in [4.78, 5) is 0. The number of alkyl halides is 1. The van der Waals surface area contributed by atoms with Crippen LogP contribution in [0.15, 0.2) is 28.1 Å². The molecule has 1 aromatic heterocycles. The van der Waals surface area contributed by atoms with Crippen LogP contribution in [0, 0.1) is 5.92 Å². The lowest BCUT2D eigenvalue weighted by Gasteiger charge is -2.16. The summed E-state index contributed by atoms with van der Waals surface area (Å²) in [6.07, 6.45) is 2.37. The van der Waals surface area contributed by atoms with Crippen LogP contribution in [0.5, 0.6) is 0 Å². The standard InChI is InChI=1S/C14H16BrClS/c1-3-5-9(2)13(16)11-8-17-14-10(11)6-4-7-12(14)15/h4,6-9,13H,3,5H2,1-2H3. The molecule has 92 valence electrons. The second-order valence-corrected chi connectivity index (χ2v) is 6.68. The Morgan fingerprint density at radius 2 is 2.18 bits per heavy atom. The van der Waals surface area contributed by atoms with Crippen molar-refractivity contribution in [3.8, 4) is 0 Å². The summed E-state index contributed by atoms with van der Waals surface area (Å²) in [5, 5.41) is 3.63. The van der Waals surface area contributed by atoms with Gasteiger partial charge < -0.3 is 0 Å². The minimum Gasteiger partial charge on any atom is -0.142 e. The van der Waals surface area contributed by atoms with Gasteiger partial charge in [-0.25, -0.2) is 0 Å². The van der Waals surface area contributed by atoms with E-state index < -0.39 is 0 Å². The van der Waals surface area contributed by atoms with Crippen molar-refractivity contribution in [3.63, 3.8) is 0 Å². The van der Waals surface area contributed by atoms with Crippen LogP contribution >= 0.6 is 38.9 Å². The molecule has 1 heterocycles. The number of fused-ring (bicyclic) bond motifs is 1. The van der Waals surface area contributed by atoms with E-state index >= 15 is 0 Å².